The Kier molecular flexibility index (Phi) is 5.40. The number of nitrogens with one attached hydrogen (secondary N) is 2. The van der Waals surface area contributed by atoms with Crippen molar-refractivity contribution in [2.75, 3.05) is 38.0 Å². The second kappa shape index (κ2) is 8.49. The molecule has 158 valence electrons. The van der Waals surface area contributed by atoms with Gasteiger partial charge >= 0.3 is 0 Å². The van der Waals surface area contributed by atoms with Gasteiger partial charge in [-0.2, -0.15) is 0 Å². The quantitative estimate of drug-likeness (QED) is 0.448. The van der Waals surface area contributed by atoms with E-state index in [1.54, 1.807) is 12.1 Å². The number of carbonyl (C=O) groups is 1. The maximum absolute atomic E-state index is 12.9. The molecular formula is C23H23N5O2S. The maximum Gasteiger partial charge on any atom is 0.264 e. The highest BCUT2D eigenvalue weighted by Gasteiger charge is 2.20. The Balaban J connectivity index is 1.37. The third-order valence-corrected chi connectivity index (χ3v) is 6.58. The number of phenols is 1. The largest absolute Gasteiger partial charge is 0.508 e. The van der Waals surface area contributed by atoms with E-state index in [1.807, 2.05) is 41.4 Å². The van der Waals surface area contributed by atoms with E-state index in [1.165, 1.54) is 11.3 Å². The van der Waals surface area contributed by atoms with Crippen LogP contribution in [0, 0.1) is 0 Å². The number of aromatic hydroxyl groups is 1. The summed E-state index contributed by atoms with van der Waals surface area (Å²) in [5, 5.41) is 17.9. The average Bonchev–Trinajstić information content (AvgIpc) is 3.25. The summed E-state index contributed by atoms with van der Waals surface area (Å²) in [5.41, 5.74) is 1.98. The normalized spacial score (nSPS) is 14.3. The molecule has 2 aromatic carbocycles. The highest BCUT2D eigenvalue weighted by Crippen LogP contribution is 2.32. The molecule has 7 nitrogen and oxygen atoms in total. The standard InChI is InChI=1S/C23H23N5O2S/c29-17-4-1-15(2-5-17)7-8-25-23-26-14-16-3-6-19-18(21(16)27-23)13-20(31-19)22(30)28-11-9-24-10-12-28/h1-6,13-14,24,29H,7-12H2,(H,25,26,27). The number of carbonyl (C=O) groups excluding carboxylic acids is 1. The molecule has 0 saturated carbocycles. The van der Waals surface area contributed by atoms with Gasteiger partial charge < -0.3 is 20.6 Å². The van der Waals surface area contributed by atoms with E-state index < -0.39 is 0 Å². The number of anilines is 1. The van der Waals surface area contributed by atoms with E-state index in [4.69, 9.17) is 4.98 Å². The first-order valence-corrected chi connectivity index (χ1v) is 11.2. The van der Waals surface area contributed by atoms with Crippen LogP contribution in [0.2, 0.25) is 0 Å². The Morgan fingerprint density at radius 2 is 1.97 bits per heavy atom. The Bertz CT molecular complexity index is 1230. The lowest BCUT2D eigenvalue weighted by Gasteiger charge is -2.26. The summed E-state index contributed by atoms with van der Waals surface area (Å²) >= 11 is 1.52. The fourth-order valence-electron chi connectivity index (χ4n) is 3.80. The van der Waals surface area contributed by atoms with Crippen LogP contribution in [-0.4, -0.2) is 58.6 Å². The second-order valence-corrected chi connectivity index (χ2v) is 8.69. The minimum absolute atomic E-state index is 0.0946. The summed E-state index contributed by atoms with van der Waals surface area (Å²) < 4.78 is 1.06. The molecule has 8 heteroatoms. The number of nitrogens with zero attached hydrogens (tertiary/aromatic N) is 3. The molecular weight excluding hydrogens is 410 g/mol. The third-order valence-electron chi connectivity index (χ3n) is 5.50. The fraction of sp³-hybridized carbons (Fsp3) is 0.261. The molecule has 0 atom stereocenters. The molecule has 3 N–H and O–H groups in total. The Morgan fingerprint density at radius 3 is 2.77 bits per heavy atom. The van der Waals surface area contributed by atoms with Gasteiger partial charge in [-0.3, -0.25) is 4.79 Å². The van der Waals surface area contributed by atoms with Crippen LogP contribution < -0.4 is 10.6 Å². The number of hydrogen-bond acceptors (Lipinski definition) is 7. The topological polar surface area (TPSA) is 90.4 Å². The van der Waals surface area contributed by atoms with Gasteiger partial charge in [-0.15, -0.1) is 11.3 Å². The number of benzene rings is 2. The first-order valence-electron chi connectivity index (χ1n) is 10.4. The SMILES string of the molecule is O=C(c1cc2c(ccc3cnc(NCCc4ccc(O)cc4)nc32)s1)N1CCNCC1. The maximum atomic E-state index is 12.9. The van der Waals surface area contributed by atoms with Crippen LogP contribution in [0.4, 0.5) is 5.95 Å². The Morgan fingerprint density at radius 1 is 1.16 bits per heavy atom. The molecule has 1 aliphatic heterocycles. The van der Waals surface area contributed by atoms with E-state index >= 15 is 0 Å². The van der Waals surface area contributed by atoms with E-state index in [0.29, 0.717) is 12.5 Å². The summed E-state index contributed by atoms with van der Waals surface area (Å²) in [6.07, 6.45) is 2.62. The second-order valence-electron chi connectivity index (χ2n) is 7.60. The third kappa shape index (κ3) is 4.17. The summed E-state index contributed by atoms with van der Waals surface area (Å²) in [7, 11) is 0. The van der Waals surface area contributed by atoms with Gasteiger partial charge in [0.25, 0.3) is 5.91 Å². The van der Waals surface area contributed by atoms with Gasteiger partial charge in [-0.05, 0) is 42.3 Å². The zero-order valence-corrected chi connectivity index (χ0v) is 17.8. The molecule has 0 aliphatic carbocycles. The molecule has 1 aliphatic rings. The Hall–Kier alpha value is -3.23. The van der Waals surface area contributed by atoms with Crippen LogP contribution in [-0.2, 0) is 6.42 Å². The van der Waals surface area contributed by atoms with Crippen molar-refractivity contribution in [3.05, 3.63) is 59.1 Å². The van der Waals surface area contributed by atoms with Crippen LogP contribution in [0.25, 0.3) is 21.0 Å². The number of aromatic nitrogens is 2. The molecule has 0 bridgehead atoms. The Labute approximate surface area is 183 Å². The van der Waals surface area contributed by atoms with Crippen molar-refractivity contribution < 1.29 is 9.90 Å². The monoisotopic (exact) mass is 433 g/mol. The summed E-state index contributed by atoms with van der Waals surface area (Å²) in [5.74, 6) is 0.932. The molecule has 3 heterocycles. The lowest BCUT2D eigenvalue weighted by atomic mass is 10.1. The first-order chi connectivity index (χ1) is 15.2. The van der Waals surface area contributed by atoms with Crippen molar-refractivity contribution in [1.82, 2.24) is 20.2 Å². The van der Waals surface area contributed by atoms with E-state index in [-0.39, 0.29) is 11.7 Å². The van der Waals surface area contributed by atoms with Crippen molar-refractivity contribution in [2.45, 2.75) is 6.42 Å². The minimum Gasteiger partial charge on any atom is -0.508 e. The average molecular weight is 434 g/mol. The van der Waals surface area contributed by atoms with Crippen molar-refractivity contribution in [3.63, 3.8) is 0 Å². The number of fused-ring (bicyclic) bond motifs is 3. The number of hydrogen-bond donors (Lipinski definition) is 3. The lowest BCUT2D eigenvalue weighted by molar-refractivity contribution is 0.0741. The molecule has 1 saturated heterocycles. The first kappa shape index (κ1) is 19.7. The predicted molar refractivity (Wildman–Crippen MR) is 124 cm³/mol. The number of piperazine rings is 1. The summed E-state index contributed by atoms with van der Waals surface area (Å²) in [6.45, 7) is 3.84. The molecule has 31 heavy (non-hydrogen) atoms. The highest BCUT2D eigenvalue weighted by molar-refractivity contribution is 7.21. The van der Waals surface area contributed by atoms with Crippen molar-refractivity contribution in [1.29, 1.82) is 0 Å². The minimum atomic E-state index is 0.0946. The van der Waals surface area contributed by atoms with Crippen LogP contribution >= 0.6 is 11.3 Å². The summed E-state index contributed by atoms with van der Waals surface area (Å²) in [6, 6.07) is 13.2. The molecule has 1 fully saturated rings. The number of rotatable bonds is 5. The van der Waals surface area contributed by atoms with Crippen LogP contribution in [0.3, 0.4) is 0 Å². The van der Waals surface area contributed by atoms with Crippen LogP contribution in [0.5, 0.6) is 5.75 Å². The molecule has 4 aromatic rings. The molecule has 1 amide bonds. The van der Waals surface area contributed by atoms with E-state index in [0.717, 1.165) is 64.0 Å². The van der Waals surface area contributed by atoms with Gasteiger partial charge in [0.1, 0.15) is 5.75 Å². The molecule has 0 spiro atoms. The van der Waals surface area contributed by atoms with E-state index in [2.05, 4.69) is 15.6 Å². The molecule has 2 aromatic heterocycles. The zero-order chi connectivity index (χ0) is 21.2. The zero-order valence-electron chi connectivity index (χ0n) is 17.0. The van der Waals surface area contributed by atoms with Gasteiger partial charge in [0.2, 0.25) is 5.95 Å². The van der Waals surface area contributed by atoms with Gasteiger partial charge in [0, 0.05) is 54.4 Å². The number of phenolic OH excluding ortho intramolecular Hbond substituents is 1. The van der Waals surface area contributed by atoms with E-state index in [9.17, 15) is 9.90 Å². The van der Waals surface area contributed by atoms with Crippen molar-refractivity contribution in [3.8, 4) is 5.75 Å². The lowest BCUT2D eigenvalue weighted by Crippen LogP contribution is -2.46. The smallest absolute Gasteiger partial charge is 0.264 e. The van der Waals surface area contributed by atoms with Crippen molar-refractivity contribution >= 4 is 44.2 Å². The molecule has 0 unspecified atom stereocenters. The van der Waals surface area contributed by atoms with Gasteiger partial charge in [0.05, 0.1) is 10.4 Å². The molecule has 0 radical (unpaired) electrons. The fourth-order valence-corrected chi connectivity index (χ4v) is 4.84. The van der Waals surface area contributed by atoms with Gasteiger partial charge in [-0.25, -0.2) is 9.97 Å². The highest BCUT2D eigenvalue weighted by atomic mass is 32.1. The molecule has 5 rings (SSSR count). The van der Waals surface area contributed by atoms with Crippen LogP contribution in [0.1, 0.15) is 15.2 Å². The van der Waals surface area contributed by atoms with Gasteiger partial charge in [-0.1, -0.05) is 12.1 Å². The predicted octanol–water partition coefficient (Wildman–Crippen LogP) is 3.25. The van der Waals surface area contributed by atoms with Gasteiger partial charge in [0.15, 0.2) is 0 Å². The summed E-state index contributed by atoms with van der Waals surface area (Å²) in [4.78, 5) is 24.8. The number of thiophene rings is 1. The van der Waals surface area contributed by atoms with Crippen LogP contribution in [0.15, 0.2) is 48.7 Å². The number of amides is 1. The van der Waals surface area contributed by atoms with Crippen molar-refractivity contribution in [2.24, 2.45) is 0 Å².